The molecule has 3 N–H and O–H groups in total. The minimum absolute atomic E-state index is 0. The van der Waals surface area contributed by atoms with Crippen LogP contribution in [-0.2, 0) is 22.2 Å². The third-order valence-corrected chi connectivity index (χ3v) is 7.13. The Morgan fingerprint density at radius 3 is 2.50 bits per heavy atom. The molecule has 1 aliphatic heterocycles. The molecule has 36 heavy (non-hydrogen) atoms. The van der Waals surface area contributed by atoms with Crippen LogP contribution in [0.2, 0.25) is 0 Å². The van der Waals surface area contributed by atoms with Crippen LogP contribution in [0.1, 0.15) is 48.6 Å². The fourth-order valence-corrected chi connectivity index (χ4v) is 4.95. The van der Waals surface area contributed by atoms with Gasteiger partial charge < -0.3 is 29.6 Å². The van der Waals surface area contributed by atoms with Gasteiger partial charge in [0.15, 0.2) is 11.5 Å². The zero-order valence-corrected chi connectivity index (χ0v) is 19.9. The van der Waals surface area contributed by atoms with Gasteiger partial charge in [-0.3, -0.25) is 4.79 Å². The molecule has 3 aromatic rings. The standard InChI is InChI=1S/C26H27F3N2O5.3H2/c1-24(2,7-9-32)22-12-15-11-18(17(27)14-19(15)31(22)8-10-33)30-23(34)25(5-6-25)16-3-4-20-21(13-16)36-26(28,29)35-20;;;/h3-4,11-14,32-33H,5-10H2,1-2H3,(H,30,34);3*1H. The molecular weight excluding hydrogens is 477 g/mol. The molecule has 1 saturated carbocycles. The zero-order valence-electron chi connectivity index (χ0n) is 19.9. The van der Waals surface area contributed by atoms with E-state index in [0.29, 0.717) is 35.7 Å². The van der Waals surface area contributed by atoms with E-state index >= 15 is 4.39 Å². The maximum atomic E-state index is 15.2. The van der Waals surface area contributed by atoms with E-state index in [0.717, 1.165) is 5.69 Å². The Balaban J connectivity index is 0.00000178. The molecule has 1 aliphatic carbocycles. The van der Waals surface area contributed by atoms with Gasteiger partial charge in [-0.2, -0.15) is 0 Å². The first-order chi connectivity index (χ1) is 17.0. The largest absolute Gasteiger partial charge is 0.586 e. The minimum Gasteiger partial charge on any atom is -0.396 e. The molecule has 1 fully saturated rings. The van der Waals surface area contributed by atoms with E-state index in [1.807, 2.05) is 24.5 Å². The molecule has 0 spiro atoms. The number of benzene rings is 2. The SMILES string of the molecule is CC(C)(CCO)c1cc2cc(NC(=O)C3(c4ccc5c(c4)OC(F)(F)O5)CC3)c(F)cc2n1CCO.[HH].[HH].[HH]. The van der Waals surface area contributed by atoms with Gasteiger partial charge in [0.25, 0.3) is 0 Å². The lowest BCUT2D eigenvalue weighted by Crippen LogP contribution is -2.28. The first-order valence-corrected chi connectivity index (χ1v) is 11.8. The molecule has 7 nitrogen and oxygen atoms in total. The summed E-state index contributed by atoms with van der Waals surface area (Å²) in [5.41, 5.74) is 0.478. The number of ether oxygens (including phenoxy) is 2. The van der Waals surface area contributed by atoms with Crippen LogP contribution in [0.25, 0.3) is 10.9 Å². The van der Waals surface area contributed by atoms with Crippen LogP contribution >= 0.6 is 0 Å². The van der Waals surface area contributed by atoms with Gasteiger partial charge in [-0.15, -0.1) is 8.78 Å². The summed E-state index contributed by atoms with van der Waals surface area (Å²) < 4.78 is 52.7. The molecule has 2 heterocycles. The average Bonchev–Trinajstić information content (AvgIpc) is 3.45. The number of aliphatic hydroxyl groups is 2. The topological polar surface area (TPSA) is 93.0 Å². The summed E-state index contributed by atoms with van der Waals surface area (Å²) >= 11 is 0. The first-order valence-electron chi connectivity index (χ1n) is 11.8. The van der Waals surface area contributed by atoms with Crippen molar-refractivity contribution in [2.24, 2.45) is 0 Å². The number of hydrogen-bond donors (Lipinski definition) is 3. The van der Waals surface area contributed by atoms with E-state index in [1.165, 1.54) is 18.2 Å². The van der Waals surface area contributed by atoms with E-state index in [2.05, 4.69) is 14.8 Å². The fraction of sp³-hybridized carbons (Fsp3) is 0.423. The summed E-state index contributed by atoms with van der Waals surface area (Å²) in [6, 6.07) is 8.99. The second-order valence-electron chi connectivity index (χ2n) is 10.0. The molecular formula is C26H33F3N2O5. The molecule has 1 amide bonds. The van der Waals surface area contributed by atoms with Crippen LogP contribution in [0.5, 0.6) is 11.5 Å². The monoisotopic (exact) mass is 510 g/mol. The fourth-order valence-electron chi connectivity index (χ4n) is 4.95. The number of fused-ring (bicyclic) bond motifs is 2. The second kappa shape index (κ2) is 8.41. The predicted octanol–water partition coefficient (Wildman–Crippen LogP) is 5.16. The van der Waals surface area contributed by atoms with E-state index in [4.69, 9.17) is 0 Å². The third kappa shape index (κ3) is 4.08. The zero-order chi connectivity index (χ0) is 25.9. The number of nitrogens with one attached hydrogen (secondary N) is 1. The van der Waals surface area contributed by atoms with Gasteiger partial charge in [0.2, 0.25) is 5.91 Å². The first kappa shape index (κ1) is 24.5. The lowest BCUT2D eigenvalue weighted by molar-refractivity contribution is -0.286. The van der Waals surface area contributed by atoms with Gasteiger partial charge in [0, 0.05) is 40.0 Å². The number of aromatic nitrogens is 1. The number of rotatable bonds is 8. The lowest BCUT2D eigenvalue weighted by atomic mass is 9.85. The molecule has 0 bridgehead atoms. The molecule has 0 unspecified atom stereocenters. The number of carbonyl (C=O) groups is 1. The summed E-state index contributed by atoms with van der Waals surface area (Å²) in [5.74, 6) is -1.33. The van der Waals surface area contributed by atoms with Gasteiger partial charge in [0.05, 0.1) is 23.2 Å². The van der Waals surface area contributed by atoms with Crippen LogP contribution in [-0.4, -0.2) is 40.2 Å². The predicted molar refractivity (Wildman–Crippen MR) is 132 cm³/mol. The van der Waals surface area contributed by atoms with Crippen molar-refractivity contribution in [2.75, 3.05) is 18.5 Å². The van der Waals surface area contributed by atoms with Gasteiger partial charge in [0.1, 0.15) is 5.82 Å². The van der Waals surface area contributed by atoms with Crippen molar-refractivity contribution >= 4 is 22.5 Å². The third-order valence-electron chi connectivity index (χ3n) is 7.13. The van der Waals surface area contributed by atoms with E-state index < -0.39 is 28.8 Å². The van der Waals surface area contributed by atoms with Crippen LogP contribution in [0.3, 0.4) is 0 Å². The van der Waals surface area contributed by atoms with Crippen molar-refractivity contribution in [1.82, 2.24) is 4.57 Å². The summed E-state index contributed by atoms with van der Waals surface area (Å²) in [6.07, 6.45) is -2.32. The molecule has 0 saturated heterocycles. The van der Waals surface area contributed by atoms with Crippen molar-refractivity contribution in [3.63, 3.8) is 0 Å². The van der Waals surface area contributed by atoms with Gasteiger partial charge in [-0.05, 0) is 49.1 Å². The Labute approximate surface area is 209 Å². The number of anilines is 1. The number of alkyl halides is 2. The van der Waals surface area contributed by atoms with Gasteiger partial charge >= 0.3 is 6.29 Å². The highest BCUT2D eigenvalue weighted by Gasteiger charge is 2.53. The quantitative estimate of drug-likeness (QED) is 0.389. The molecule has 2 aliphatic rings. The van der Waals surface area contributed by atoms with Crippen molar-refractivity contribution < 1.29 is 41.9 Å². The molecule has 2 aromatic carbocycles. The van der Waals surface area contributed by atoms with Crippen molar-refractivity contribution in [3.05, 3.63) is 53.5 Å². The maximum absolute atomic E-state index is 15.2. The number of nitrogens with zero attached hydrogens (tertiary/aromatic N) is 1. The second-order valence-corrected chi connectivity index (χ2v) is 10.0. The Morgan fingerprint density at radius 1 is 1.11 bits per heavy atom. The van der Waals surface area contributed by atoms with E-state index in [-0.39, 0.29) is 41.2 Å². The van der Waals surface area contributed by atoms with E-state index in [1.54, 1.807) is 12.1 Å². The van der Waals surface area contributed by atoms with Crippen LogP contribution in [0, 0.1) is 5.82 Å². The van der Waals surface area contributed by atoms with Crippen molar-refractivity contribution in [3.8, 4) is 11.5 Å². The number of carbonyl (C=O) groups excluding carboxylic acids is 1. The summed E-state index contributed by atoms with van der Waals surface area (Å²) in [4.78, 5) is 13.3. The smallest absolute Gasteiger partial charge is 0.396 e. The van der Waals surface area contributed by atoms with E-state index in [9.17, 15) is 23.8 Å². The molecule has 0 radical (unpaired) electrons. The number of aliphatic hydroxyl groups excluding tert-OH is 2. The number of halogens is 3. The van der Waals surface area contributed by atoms with Crippen LogP contribution in [0.15, 0.2) is 36.4 Å². The number of hydrogen-bond acceptors (Lipinski definition) is 5. The molecule has 1 aromatic heterocycles. The average molecular weight is 511 g/mol. The number of amides is 1. The summed E-state index contributed by atoms with van der Waals surface area (Å²) in [7, 11) is 0. The molecule has 5 rings (SSSR count). The van der Waals surface area contributed by atoms with Crippen molar-refractivity contribution in [2.45, 2.75) is 56.8 Å². The molecule has 10 heteroatoms. The van der Waals surface area contributed by atoms with Crippen molar-refractivity contribution in [1.29, 1.82) is 0 Å². The Morgan fingerprint density at radius 2 is 1.83 bits per heavy atom. The Hall–Kier alpha value is -3.24. The minimum atomic E-state index is -3.75. The van der Waals surface area contributed by atoms with Crippen LogP contribution in [0.4, 0.5) is 18.9 Å². The summed E-state index contributed by atoms with van der Waals surface area (Å²) in [5, 5.41) is 22.4. The van der Waals surface area contributed by atoms with Gasteiger partial charge in [-0.25, -0.2) is 4.39 Å². The highest BCUT2D eigenvalue weighted by atomic mass is 19.3. The maximum Gasteiger partial charge on any atom is 0.586 e. The Bertz CT molecular complexity index is 1360. The van der Waals surface area contributed by atoms with Gasteiger partial charge in [-0.1, -0.05) is 19.9 Å². The normalized spacial score (nSPS) is 17.4. The van der Waals surface area contributed by atoms with Crippen LogP contribution < -0.4 is 14.8 Å². The lowest BCUT2D eigenvalue weighted by Gasteiger charge is -2.26. The Kier molecular flexibility index (Phi) is 5.72. The highest BCUT2D eigenvalue weighted by Crippen LogP contribution is 2.52. The highest BCUT2D eigenvalue weighted by molar-refractivity contribution is 6.02. The molecule has 0 atom stereocenters. The molecule has 198 valence electrons. The summed E-state index contributed by atoms with van der Waals surface area (Å²) in [6.45, 7) is 4.01.